The highest BCUT2D eigenvalue weighted by Gasteiger charge is 2.18. The lowest BCUT2D eigenvalue weighted by Crippen LogP contribution is -2.29. The monoisotopic (exact) mass is 211 g/mol. The maximum Gasteiger partial charge on any atom is 0.189 e. The van der Waals surface area contributed by atoms with Gasteiger partial charge in [-0.1, -0.05) is 11.8 Å². The Morgan fingerprint density at radius 3 is 2.93 bits per heavy atom. The maximum atomic E-state index is 5.62. The fourth-order valence-electron chi connectivity index (χ4n) is 1.20. The molecule has 1 aromatic heterocycles. The molecule has 1 aromatic rings. The Hall–Kier alpha value is -0.810. The standard InChI is InChI=1S/C9H13N3OS/c1-6-2-8(10)12-9(11-6)14-5-7-3-13-4-7/h2,7H,3-5H2,1H3,(H2,10,11,12). The molecule has 0 amide bonds. The zero-order valence-electron chi connectivity index (χ0n) is 8.06. The molecule has 1 aliphatic heterocycles. The van der Waals surface area contributed by atoms with Gasteiger partial charge in [-0.15, -0.1) is 0 Å². The first-order chi connectivity index (χ1) is 6.74. The molecule has 0 aromatic carbocycles. The third kappa shape index (κ3) is 2.36. The molecule has 0 atom stereocenters. The number of hydrogen-bond donors (Lipinski definition) is 1. The molecule has 1 saturated heterocycles. The van der Waals surface area contributed by atoms with Gasteiger partial charge in [0.25, 0.3) is 0 Å². The molecule has 2 heterocycles. The van der Waals surface area contributed by atoms with Gasteiger partial charge in [-0.05, 0) is 6.92 Å². The zero-order chi connectivity index (χ0) is 9.97. The van der Waals surface area contributed by atoms with Crippen LogP contribution in [0, 0.1) is 12.8 Å². The Kier molecular flexibility index (Phi) is 2.88. The molecule has 0 spiro atoms. The van der Waals surface area contributed by atoms with Crippen molar-refractivity contribution < 1.29 is 4.74 Å². The third-order valence-electron chi connectivity index (χ3n) is 2.01. The fourth-order valence-corrected chi connectivity index (χ4v) is 2.16. The van der Waals surface area contributed by atoms with Gasteiger partial charge in [0.05, 0.1) is 13.2 Å². The minimum Gasteiger partial charge on any atom is -0.384 e. The van der Waals surface area contributed by atoms with Crippen LogP contribution in [0.15, 0.2) is 11.2 Å². The van der Waals surface area contributed by atoms with Crippen molar-refractivity contribution in [3.63, 3.8) is 0 Å². The molecule has 0 unspecified atom stereocenters. The Morgan fingerprint density at radius 1 is 1.57 bits per heavy atom. The van der Waals surface area contributed by atoms with Crippen molar-refractivity contribution >= 4 is 17.6 Å². The van der Waals surface area contributed by atoms with Crippen LogP contribution >= 0.6 is 11.8 Å². The van der Waals surface area contributed by atoms with E-state index in [4.69, 9.17) is 10.5 Å². The van der Waals surface area contributed by atoms with Crippen molar-refractivity contribution in [2.45, 2.75) is 12.1 Å². The van der Waals surface area contributed by atoms with Crippen LogP contribution in [0.3, 0.4) is 0 Å². The van der Waals surface area contributed by atoms with Crippen LogP contribution in [0.2, 0.25) is 0 Å². The Balaban J connectivity index is 1.94. The van der Waals surface area contributed by atoms with E-state index in [0.29, 0.717) is 11.7 Å². The van der Waals surface area contributed by atoms with Crippen LogP contribution in [0.25, 0.3) is 0 Å². The molecule has 1 aliphatic rings. The van der Waals surface area contributed by atoms with Crippen molar-refractivity contribution in [1.29, 1.82) is 0 Å². The quantitative estimate of drug-likeness (QED) is 0.599. The highest BCUT2D eigenvalue weighted by Crippen LogP contribution is 2.22. The topological polar surface area (TPSA) is 61.0 Å². The normalized spacial score (nSPS) is 16.6. The summed E-state index contributed by atoms with van der Waals surface area (Å²) in [5.74, 6) is 2.22. The smallest absolute Gasteiger partial charge is 0.189 e. The SMILES string of the molecule is Cc1cc(N)nc(SCC2COC2)n1. The number of nitrogen functional groups attached to an aromatic ring is 1. The number of aryl methyl sites for hydroxylation is 1. The number of thioether (sulfide) groups is 1. The minimum atomic E-state index is 0.546. The van der Waals surface area contributed by atoms with Gasteiger partial charge in [0.15, 0.2) is 5.16 Å². The molecule has 5 heteroatoms. The summed E-state index contributed by atoms with van der Waals surface area (Å²) in [7, 11) is 0. The van der Waals surface area contributed by atoms with Gasteiger partial charge in [0.1, 0.15) is 5.82 Å². The summed E-state index contributed by atoms with van der Waals surface area (Å²) in [6.07, 6.45) is 0. The molecule has 1 fully saturated rings. The second-order valence-electron chi connectivity index (χ2n) is 3.43. The lowest BCUT2D eigenvalue weighted by atomic mass is 10.1. The van der Waals surface area contributed by atoms with E-state index >= 15 is 0 Å². The second-order valence-corrected chi connectivity index (χ2v) is 4.42. The summed E-state index contributed by atoms with van der Waals surface area (Å²) < 4.78 is 5.09. The lowest BCUT2D eigenvalue weighted by molar-refractivity contribution is -0.0196. The molecular weight excluding hydrogens is 198 g/mol. The van der Waals surface area contributed by atoms with E-state index in [9.17, 15) is 0 Å². The average molecular weight is 211 g/mol. The molecule has 2 N–H and O–H groups in total. The molecule has 14 heavy (non-hydrogen) atoms. The van der Waals surface area contributed by atoms with Crippen molar-refractivity contribution in [2.75, 3.05) is 24.7 Å². The molecule has 76 valence electrons. The number of aromatic nitrogens is 2. The van der Waals surface area contributed by atoms with E-state index in [1.165, 1.54) is 0 Å². The zero-order valence-corrected chi connectivity index (χ0v) is 8.88. The highest BCUT2D eigenvalue weighted by molar-refractivity contribution is 7.99. The van der Waals surface area contributed by atoms with Crippen LogP contribution in [0.1, 0.15) is 5.69 Å². The van der Waals surface area contributed by atoms with Gasteiger partial charge in [-0.2, -0.15) is 0 Å². The van der Waals surface area contributed by atoms with E-state index in [1.807, 2.05) is 6.92 Å². The summed E-state index contributed by atoms with van der Waals surface area (Å²) in [6.45, 7) is 3.66. The first kappa shape index (κ1) is 9.73. The van der Waals surface area contributed by atoms with Gasteiger partial charge in [-0.25, -0.2) is 9.97 Å². The number of nitrogens with two attached hydrogens (primary N) is 1. The van der Waals surface area contributed by atoms with Crippen LogP contribution in [0.4, 0.5) is 5.82 Å². The largest absolute Gasteiger partial charge is 0.384 e. The van der Waals surface area contributed by atoms with E-state index < -0.39 is 0 Å². The van der Waals surface area contributed by atoms with E-state index in [2.05, 4.69) is 9.97 Å². The van der Waals surface area contributed by atoms with Crippen LogP contribution in [-0.2, 0) is 4.74 Å². The molecule has 0 aliphatic carbocycles. The molecular formula is C9H13N3OS. The Labute approximate surface area is 87.3 Å². The minimum absolute atomic E-state index is 0.546. The van der Waals surface area contributed by atoms with Gasteiger partial charge < -0.3 is 10.5 Å². The lowest BCUT2D eigenvalue weighted by Gasteiger charge is -2.24. The van der Waals surface area contributed by atoms with Crippen LogP contribution < -0.4 is 5.73 Å². The van der Waals surface area contributed by atoms with Gasteiger partial charge in [-0.3, -0.25) is 0 Å². The van der Waals surface area contributed by atoms with Crippen molar-refractivity contribution in [1.82, 2.24) is 9.97 Å². The fraction of sp³-hybridized carbons (Fsp3) is 0.556. The van der Waals surface area contributed by atoms with Crippen molar-refractivity contribution in [3.8, 4) is 0 Å². The molecule has 4 nitrogen and oxygen atoms in total. The maximum absolute atomic E-state index is 5.62. The number of ether oxygens (including phenoxy) is 1. The van der Waals surface area contributed by atoms with Gasteiger partial charge in [0, 0.05) is 23.4 Å². The molecule has 0 bridgehead atoms. The molecule has 0 radical (unpaired) electrons. The Morgan fingerprint density at radius 2 is 2.36 bits per heavy atom. The predicted molar refractivity (Wildman–Crippen MR) is 56.2 cm³/mol. The average Bonchev–Trinajstić information content (AvgIpc) is 1.99. The number of hydrogen-bond acceptors (Lipinski definition) is 5. The van der Waals surface area contributed by atoms with Crippen molar-refractivity contribution in [3.05, 3.63) is 11.8 Å². The second kappa shape index (κ2) is 4.14. The number of rotatable bonds is 3. The van der Waals surface area contributed by atoms with Gasteiger partial charge >= 0.3 is 0 Å². The summed E-state index contributed by atoms with van der Waals surface area (Å²) in [5.41, 5.74) is 6.54. The molecule has 0 saturated carbocycles. The first-order valence-electron chi connectivity index (χ1n) is 4.56. The van der Waals surface area contributed by atoms with E-state index in [-0.39, 0.29) is 0 Å². The number of nitrogens with zero attached hydrogens (tertiary/aromatic N) is 2. The summed E-state index contributed by atoms with van der Waals surface area (Å²) in [5, 5.41) is 0.773. The predicted octanol–water partition coefficient (Wildman–Crippen LogP) is 1.11. The first-order valence-corrected chi connectivity index (χ1v) is 5.54. The number of anilines is 1. The van der Waals surface area contributed by atoms with E-state index in [1.54, 1.807) is 17.8 Å². The van der Waals surface area contributed by atoms with Crippen molar-refractivity contribution in [2.24, 2.45) is 5.92 Å². The Bertz CT molecular complexity index is 308. The molecule has 2 rings (SSSR count). The van der Waals surface area contributed by atoms with Crippen LogP contribution in [-0.4, -0.2) is 28.9 Å². The summed E-state index contributed by atoms with van der Waals surface area (Å²) >= 11 is 1.65. The summed E-state index contributed by atoms with van der Waals surface area (Å²) in [6, 6.07) is 1.77. The third-order valence-corrected chi connectivity index (χ3v) is 3.09. The highest BCUT2D eigenvalue weighted by atomic mass is 32.2. The van der Waals surface area contributed by atoms with Crippen LogP contribution in [0.5, 0.6) is 0 Å². The van der Waals surface area contributed by atoms with E-state index in [0.717, 1.165) is 29.8 Å². The summed E-state index contributed by atoms with van der Waals surface area (Å²) in [4.78, 5) is 8.45. The van der Waals surface area contributed by atoms with Gasteiger partial charge in [0.2, 0.25) is 0 Å².